The minimum absolute atomic E-state index is 0.306. The van der Waals surface area contributed by atoms with E-state index in [1.807, 2.05) is 24.3 Å². The van der Waals surface area contributed by atoms with Gasteiger partial charge < -0.3 is 10.1 Å². The van der Waals surface area contributed by atoms with Gasteiger partial charge in [-0.15, -0.1) is 6.42 Å². The van der Waals surface area contributed by atoms with E-state index < -0.39 is 0 Å². The summed E-state index contributed by atoms with van der Waals surface area (Å²) < 4.78 is 5.35. The molecule has 0 aromatic heterocycles. The van der Waals surface area contributed by atoms with Gasteiger partial charge in [0.05, 0.1) is 0 Å². The van der Waals surface area contributed by atoms with Crippen LogP contribution in [0, 0.1) is 26.2 Å². The molecule has 2 aromatic carbocycles. The smallest absolute Gasteiger partial charge is 0.148 e. The molecule has 0 radical (unpaired) electrons. The summed E-state index contributed by atoms with van der Waals surface area (Å²) >= 11 is 0. The van der Waals surface area contributed by atoms with Crippen LogP contribution in [0.25, 0.3) is 0 Å². The lowest BCUT2D eigenvalue weighted by Gasteiger charge is -2.11. The van der Waals surface area contributed by atoms with E-state index >= 15 is 0 Å². The van der Waals surface area contributed by atoms with Gasteiger partial charge in [-0.1, -0.05) is 30.2 Å². The molecule has 0 bridgehead atoms. The Hall–Kier alpha value is -2.40. The first kappa shape index (κ1) is 14.0. The SMILES string of the molecule is C#CCOc1ccc(CNc2cc(C)ccc2C)cc1. The zero-order valence-corrected chi connectivity index (χ0v) is 11.9. The first-order chi connectivity index (χ1) is 9.69. The van der Waals surface area contributed by atoms with E-state index in [4.69, 9.17) is 11.2 Å². The van der Waals surface area contributed by atoms with E-state index in [2.05, 4.69) is 43.3 Å². The lowest BCUT2D eigenvalue weighted by Crippen LogP contribution is -2.01. The Balaban J connectivity index is 1.97. The Morgan fingerprint density at radius 2 is 1.85 bits per heavy atom. The van der Waals surface area contributed by atoms with Gasteiger partial charge in [0.2, 0.25) is 0 Å². The van der Waals surface area contributed by atoms with Crippen molar-refractivity contribution >= 4 is 5.69 Å². The molecular formula is C18H19NO. The van der Waals surface area contributed by atoms with Gasteiger partial charge in [-0.05, 0) is 48.7 Å². The van der Waals surface area contributed by atoms with Gasteiger partial charge in [0.15, 0.2) is 0 Å². The molecule has 0 amide bonds. The highest BCUT2D eigenvalue weighted by Gasteiger charge is 1.99. The Labute approximate surface area is 120 Å². The standard InChI is InChI=1S/C18H19NO/c1-4-11-20-17-9-7-16(8-10-17)13-19-18-12-14(2)5-6-15(18)3/h1,5-10,12,19H,11,13H2,2-3H3. The number of terminal acetylenes is 1. The van der Waals surface area contributed by atoms with Gasteiger partial charge in [-0.25, -0.2) is 0 Å². The molecule has 0 spiro atoms. The molecule has 2 nitrogen and oxygen atoms in total. The average molecular weight is 265 g/mol. The summed E-state index contributed by atoms with van der Waals surface area (Å²) in [4.78, 5) is 0. The maximum atomic E-state index is 5.35. The van der Waals surface area contributed by atoms with E-state index in [9.17, 15) is 0 Å². The quantitative estimate of drug-likeness (QED) is 0.827. The molecule has 20 heavy (non-hydrogen) atoms. The molecule has 0 atom stereocenters. The average Bonchev–Trinajstić information content (AvgIpc) is 2.47. The third kappa shape index (κ3) is 3.80. The van der Waals surface area contributed by atoms with Crippen LogP contribution in [0.15, 0.2) is 42.5 Å². The second-order valence-corrected chi connectivity index (χ2v) is 4.81. The number of ether oxygens (including phenoxy) is 1. The largest absolute Gasteiger partial charge is 0.481 e. The van der Waals surface area contributed by atoms with Crippen LogP contribution < -0.4 is 10.1 Å². The summed E-state index contributed by atoms with van der Waals surface area (Å²) in [6.07, 6.45) is 5.16. The summed E-state index contributed by atoms with van der Waals surface area (Å²) in [5, 5.41) is 3.46. The van der Waals surface area contributed by atoms with Crippen molar-refractivity contribution in [2.45, 2.75) is 20.4 Å². The number of nitrogens with one attached hydrogen (secondary N) is 1. The first-order valence-corrected chi connectivity index (χ1v) is 6.65. The minimum Gasteiger partial charge on any atom is -0.481 e. The molecule has 0 aliphatic carbocycles. The van der Waals surface area contributed by atoms with Gasteiger partial charge >= 0.3 is 0 Å². The first-order valence-electron chi connectivity index (χ1n) is 6.65. The van der Waals surface area contributed by atoms with Crippen molar-refractivity contribution in [3.63, 3.8) is 0 Å². The Morgan fingerprint density at radius 1 is 1.10 bits per heavy atom. The second-order valence-electron chi connectivity index (χ2n) is 4.81. The van der Waals surface area contributed by atoms with Crippen LogP contribution in [0.5, 0.6) is 5.75 Å². The Morgan fingerprint density at radius 3 is 2.55 bits per heavy atom. The van der Waals surface area contributed by atoms with E-state index in [1.165, 1.54) is 22.4 Å². The number of hydrogen-bond donors (Lipinski definition) is 1. The molecule has 0 aliphatic heterocycles. The van der Waals surface area contributed by atoms with Crippen LogP contribution in [0.3, 0.4) is 0 Å². The molecule has 102 valence electrons. The van der Waals surface area contributed by atoms with Gasteiger partial charge in [0.1, 0.15) is 12.4 Å². The molecule has 0 fully saturated rings. The number of aryl methyl sites for hydroxylation is 2. The highest BCUT2D eigenvalue weighted by atomic mass is 16.5. The predicted molar refractivity (Wildman–Crippen MR) is 84.0 cm³/mol. The van der Waals surface area contributed by atoms with E-state index in [1.54, 1.807) is 0 Å². The zero-order valence-electron chi connectivity index (χ0n) is 11.9. The van der Waals surface area contributed by atoms with Gasteiger partial charge in [0.25, 0.3) is 0 Å². The molecular weight excluding hydrogens is 246 g/mol. The number of anilines is 1. The predicted octanol–water partition coefficient (Wildman–Crippen LogP) is 3.93. The maximum Gasteiger partial charge on any atom is 0.148 e. The van der Waals surface area contributed by atoms with Crippen molar-refractivity contribution in [2.75, 3.05) is 11.9 Å². The molecule has 2 aromatic rings. The van der Waals surface area contributed by atoms with Crippen LogP contribution >= 0.6 is 0 Å². The maximum absolute atomic E-state index is 5.35. The van der Waals surface area contributed by atoms with Crippen molar-refractivity contribution < 1.29 is 4.74 Å². The molecule has 0 saturated carbocycles. The molecule has 2 heteroatoms. The molecule has 0 aliphatic rings. The highest BCUT2D eigenvalue weighted by molar-refractivity contribution is 5.52. The third-order valence-electron chi connectivity index (χ3n) is 3.12. The summed E-state index contributed by atoms with van der Waals surface area (Å²) in [6, 6.07) is 14.4. The lowest BCUT2D eigenvalue weighted by atomic mass is 10.1. The highest BCUT2D eigenvalue weighted by Crippen LogP contribution is 2.18. The molecule has 0 heterocycles. The fraction of sp³-hybridized carbons (Fsp3) is 0.222. The summed E-state index contributed by atoms with van der Waals surface area (Å²) in [6.45, 7) is 5.31. The zero-order chi connectivity index (χ0) is 14.4. The van der Waals surface area contributed by atoms with Crippen LogP contribution in [0.2, 0.25) is 0 Å². The molecule has 2 rings (SSSR count). The number of benzene rings is 2. The van der Waals surface area contributed by atoms with Gasteiger partial charge in [-0.3, -0.25) is 0 Å². The van der Waals surface area contributed by atoms with Gasteiger partial charge in [-0.2, -0.15) is 0 Å². The summed E-state index contributed by atoms with van der Waals surface area (Å²) in [5.74, 6) is 3.26. The summed E-state index contributed by atoms with van der Waals surface area (Å²) in [7, 11) is 0. The number of hydrogen-bond acceptors (Lipinski definition) is 2. The van der Waals surface area contributed by atoms with Crippen molar-refractivity contribution in [2.24, 2.45) is 0 Å². The van der Waals surface area contributed by atoms with Crippen LogP contribution in [-0.2, 0) is 6.54 Å². The fourth-order valence-corrected chi connectivity index (χ4v) is 1.95. The normalized spacial score (nSPS) is 9.85. The van der Waals surface area contributed by atoms with E-state index in [-0.39, 0.29) is 0 Å². The van der Waals surface area contributed by atoms with Gasteiger partial charge in [0, 0.05) is 12.2 Å². The molecule has 1 N–H and O–H groups in total. The van der Waals surface area contributed by atoms with E-state index in [0.29, 0.717) is 6.61 Å². The molecule has 0 saturated heterocycles. The summed E-state index contributed by atoms with van der Waals surface area (Å²) in [5.41, 5.74) is 4.90. The van der Waals surface area contributed by atoms with Crippen molar-refractivity contribution in [3.8, 4) is 18.1 Å². The van der Waals surface area contributed by atoms with Crippen molar-refractivity contribution in [3.05, 3.63) is 59.2 Å². The topological polar surface area (TPSA) is 21.3 Å². The Kier molecular flexibility index (Phi) is 4.68. The van der Waals surface area contributed by atoms with E-state index in [0.717, 1.165) is 12.3 Å². The Bertz CT molecular complexity index is 608. The van der Waals surface area contributed by atoms with Crippen LogP contribution in [0.1, 0.15) is 16.7 Å². The lowest BCUT2D eigenvalue weighted by molar-refractivity contribution is 0.370. The monoisotopic (exact) mass is 265 g/mol. The molecule has 0 unspecified atom stereocenters. The van der Waals surface area contributed by atoms with Crippen LogP contribution in [0.4, 0.5) is 5.69 Å². The second kappa shape index (κ2) is 6.68. The van der Waals surface area contributed by atoms with Crippen molar-refractivity contribution in [1.82, 2.24) is 0 Å². The van der Waals surface area contributed by atoms with Crippen LogP contribution in [-0.4, -0.2) is 6.61 Å². The minimum atomic E-state index is 0.306. The van der Waals surface area contributed by atoms with Crippen molar-refractivity contribution in [1.29, 1.82) is 0 Å². The fourth-order valence-electron chi connectivity index (χ4n) is 1.95. The third-order valence-corrected chi connectivity index (χ3v) is 3.12. The number of rotatable bonds is 5.